The van der Waals surface area contributed by atoms with Gasteiger partial charge in [0, 0.05) is 6.04 Å². The summed E-state index contributed by atoms with van der Waals surface area (Å²) in [4.78, 5) is 15.8. The van der Waals surface area contributed by atoms with Gasteiger partial charge in [0.2, 0.25) is 5.95 Å². The van der Waals surface area contributed by atoms with Gasteiger partial charge in [-0.3, -0.25) is 4.79 Å². The Labute approximate surface area is 125 Å². The number of hydrogen-bond donors (Lipinski definition) is 2. The van der Waals surface area contributed by atoms with E-state index in [1.807, 2.05) is 27.7 Å². The Hall–Kier alpha value is -1.72. The molecule has 3 atom stereocenters. The standard InChI is InChI=1S/C15H24N4O2/c1-8-12(7-6-11(13(20)21)15(8,4)5)17-14-16-9(2)10(3)18-19-14/h8,11-12H,6-7H2,1-5H3,(H,20,21)(H,16,17,19). The number of aryl methyl sites for hydroxylation is 2. The van der Waals surface area contributed by atoms with Gasteiger partial charge in [0.25, 0.3) is 0 Å². The zero-order valence-electron chi connectivity index (χ0n) is 13.3. The van der Waals surface area contributed by atoms with Crippen molar-refractivity contribution in [3.63, 3.8) is 0 Å². The highest BCUT2D eigenvalue weighted by Gasteiger charge is 2.46. The van der Waals surface area contributed by atoms with Crippen molar-refractivity contribution in [3.05, 3.63) is 11.4 Å². The molecule has 1 heterocycles. The maximum absolute atomic E-state index is 11.4. The Bertz CT molecular complexity index is 544. The van der Waals surface area contributed by atoms with E-state index in [-0.39, 0.29) is 23.3 Å². The number of nitrogens with zero attached hydrogens (tertiary/aromatic N) is 3. The highest BCUT2D eigenvalue weighted by molar-refractivity contribution is 5.71. The van der Waals surface area contributed by atoms with Crippen molar-refractivity contribution in [2.24, 2.45) is 17.3 Å². The third-order valence-corrected chi connectivity index (χ3v) is 5.15. The van der Waals surface area contributed by atoms with Gasteiger partial charge >= 0.3 is 5.97 Å². The molecule has 1 saturated carbocycles. The number of carboxylic acid groups (broad SMARTS) is 1. The van der Waals surface area contributed by atoms with Gasteiger partial charge < -0.3 is 10.4 Å². The number of aliphatic carboxylic acids is 1. The predicted molar refractivity (Wildman–Crippen MR) is 80.0 cm³/mol. The molecule has 0 bridgehead atoms. The van der Waals surface area contributed by atoms with Crippen LogP contribution in [-0.4, -0.2) is 32.3 Å². The maximum atomic E-state index is 11.4. The predicted octanol–water partition coefficient (Wildman–Crippen LogP) is 2.43. The molecule has 3 unspecified atom stereocenters. The zero-order valence-corrected chi connectivity index (χ0v) is 13.3. The van der Waals surface area contributed by atoms with Gasteiger partial charge in [-0.2, -0.15) is 5.10 Å². The normalized spacial score (nSPS) is 28.1. The fraction of sp³-hybridized carbons (Fsp3) is 0.733. The van der Waals surface area contributed by atoms with Gasteiger partial charge in [0.15, 0.2) is 0 Å². The number of anilines is 1. The Balaban J connectivity index is 2.15. The fourth-order valence-electron chi connectivity index (χ4n) is 3.13. The third kappa shape index (κ3) is 2.99. The number of aromatic nitrogens is 3. The van der Waals surface area contributed by atoms with E-state index in [9.17, 15) is 9.90 Å². The SMILES string of the molecule is Cc1nnc(NC2CCC(C(=O)O)C(C)(C)C2C)nc1C. The highest BCUT2D eigenvalue weighted by atomic mass is 16.4. The van der Waals surface area contributed by atoms with Crippen LogP contribution in [0.25, 0.3) is 0 Å². The van der Waals surface area contributed by atoms with Crippen LogP contribution >= 0.6 is 0 Å². The number of carbonyl (C=O) groups is 1. The minimum atomic E-state index is -0.700. The van der Waals surface area contributed by atoms with Crippen LogP contribution in [0.2, 0.25) is 0 Å². The van der Waals surface area contributed by atoms with E-state index >= 15 is 0 Å². The van der Waals surface area contributed by atoms with Gasteiger partial charge in [-0.05, 0) is 38.0 Å². The number of hydrogen-bond acceptors (Lipinski definition) is 5. The summed E-state index contributed by atoms with van der Waals surface area (Å²) in [6.07, 6.45) is 1.47. The molecule has 1 aliphatic rings. The Kier molecular flexibility index (Phi) is 4.16. The molecule has 21 heavy (non-hydrogen) atoms. The molecule has 2 rings (SSSR count). The summed E-state index contributed by atoms with van der Waals surface area (Å²) in [5.74, 6) is -0.268. The molecular weight excluding hydrogens is 268 g/mol. The summed E-state index contributed by atoms with van der Waals surface area (Å²) in [6.45, 7) is 9.95. The molecular formula is C15H24N4O2. The van der Waals surface area contributed by atoms with Crippen molar-refractivity contribution >= 4 is 11.9 Å². The monoisotopic (exact) mass is 292 g/mol. The van der Waals surface area contributed by atoms with Crippen molar-refractivity contribution in [2.45, 2.75) is 53.5 Å². The van der Waals surface area contributed by atoms with Crippen molar-refractivity contribution in [1.29, 1.82) is 0 Å². The average Bonchev–Trinajstić information content (AvgIpc) is 2.39. The summed E-state index contributed by atoms with van der Waals surface area (Å²) in [6, 6.07) is 0.166. The molecule has 0 aromatic carbocycles. The molecule has 0 aliphatic heterocycles. The molecule has 0 amide bonds. The first-order chi connectivity index (χ1) is 9.73. The first-order valence-electron chi connectivity index (χ1n) is 7.40. The van der Waals surface area contributed by atoms with E-state index in [1.165, 1.54) is 0 Å². The van der Waals surface area contributed by atoms with Gasteiger partial charge in [0.1, 0.15) is 0 Å². The molecule has 6 nitrogen and oxygen atoms in total. The van der Waals surface area contributed by atoms with Gasteiger partial charge in [-0.1, -0.05) is 20.8 Å². The third-order valence-electron chi connectivity index (χ3n) is 5.15. The summed E-state index contributed by atoms with van der Waals surface area (Å²) in [5.41, 5.74) is 1.41. The summed E-state index contributed by atoms with van der Waals surface area (Å²) < 4.78 is 0. The first-order valence-corrected chi connectivity index (χ1v) is 7.40. The molecule has 1 aromatic rings. The lowest BCUT2D eigenvalue weighted by Crippen LogP contribution is -2.48. The van der Waals surface area contributed by atoms with E-state index in [2.05, 4.69) is 27.4 Å². The summed E-state index contributed by atoms with van der Waals surface area (Å²) in [5, 5.41) is 20.9. The molecule has 0 radical (unpaired) electrons. The lowest BCUT2D eigenvalue weighted by atomic mass is 9.61. The van der Waals surface area contributed by atoms with E-state index in [4.69, 9.17) is 0 Å². The Morgan fingerprint density at radius 1 is 1.24 bits per heavy atom. The van der Waals surface area contributed by atoms with Crippen molar-refractivity contribution < 1.29 is 9.90 Å². The molecule has 6 heteroatoms. The van der Waals surface area contributed by atoms with E-state index in [0.29, 0.717) is 12.4 Å². The highest BCUT2D eigenvalue weighted by Crippen LogP contribution is 2.45. The topological polar surface area (TPSA) is 88.0 Å². The molecule has 116 valence electrons. The lowest BCUT2D eigenvalue weighted by molar-refractivity contribution is -0.149. The molecule has 2 N–H and O–H groups in total. The Morgan fingerprint density at radius 3 is 2.48 bits per heavy atom. The van der Waals surface area contributed by atoms with E-state index < -0.39 is 5.97 Å². The van der Waals surface area contributed by atoms with Gasteiger partial charge in [-0.15, -0.1) is 5.10 Å². The van der Waals surface area contributed by atoms with Crippen LogP contribution in [0.5, 0.6) is 0 Å². The second kappa shape index (κ2) is 5.58. The number of carboxylic acids is 1. The molecule has 0 saturated heterocycles. The quantitative estimate of drug-likeness (QED) is 0.889. The van der Waals surface area contributed by atoms with Crippen LogP contribution in [0.15, 0.2) is 0 Å². The second-order valence-corrected chi connectivity index (χ2v) is 6.64. The minimum Gasteiger partial charge on any atom is -0.481 e. The fourth-order valence-corrected chi connectivity index (χ4v) is 3.13. The molecule has 1 aromatic heterocycles. The largest absolute Gasteiger partial charge is 0.481 e. The summed E-state index contributed by atoms with van der Waals surface area (Å²) >= 11 is 0. The number of rotatable bonds is 3. The van der Waals surface area contributed by atoms with Gasteiger partial charge in [0.05, 0.1) is 17.3 Å². The molecule has 1 aliphatic carbocycles. The van der Waals surface area contributed by atoms with Crippen LogP contribution in [0.4, 0.5) is 5.95 Å². The minimum absolute atomic E-state index is 0.166. The van der Waals surface area contributed by atoms with E-state index in [1.54, 1.807) is 0 Å². The van der Waals surface area contributed by atoms with Crippen LogP contribution in [0.1, 0.15) is 45.0 Å². The van der Waals surface area contributed by atoms with Crippen LogP contribution in [-0.2, 0) is 4.79 Å². The summed E-state index contributed by atoms with van der Waals surface area (Å²) in [7, 11) is 0. The second-order valence-electron chi connectivity index (χ2n) is 6.64. The Morgan fingerprint density at radius 2 is 1.90 bits per heavy atom. The van der Waals surface area contributed by atoms with Crippen molar-refractivity contribution in [2.75, 3.05) is 5.32 Å². The van der Waals surface area contributed by atoms with Crippen molar-refractivity contribution in [3.8, 4) is 0 Å². The molecule has 1 fully saturated rings. The average molecular weight is 292 g/mol. The first kappa shape index (κ1) is 15.7. The zero-order chi connectivity index (χ0) is 15.8. The van der Waals surface area contributed by atoms with E-state index in [0.717, 1.165) is 17.8 Å². The van der Waals surface area contributed by atoms with Gasteiger partial charge in [-0.25, -0.2) is 4.98 Å². The van der Waals surface area contributed by atoms with Crippen LogP contribution in [0, 0.1) is 31.1 Å². The molecule has 0 spiro atoms. The smallest absolute Gasteiger partial charge is 0.307 e. The number of nitrogens with one attached hydrogen (secondary N) is 1. The lowest BCUT2D eigenvalue weighted by Gasteiger charge is -2.46. The maximum Gasteiger partial charge on any atom is 0.307 e. The van der Waals surface area contributed by atoms with Crippen LogP contribution < -0.4 is 5.32 Å². The van der Waals surface area contributed by atoms with Crippen LogP contribution in [0.3, 0.4) is 0 Å². The van der Waals surface area contributed by atoms with Crippen molar-refractivity contribution in [1.82, 2.24) is 15.2 Å².